The zero-order valence-corrected chi connectivity index (χ0v) is 6.88. The molecule has 1 N–H and O–H groups in total. The van der Waals surface area contributed by atoms with Crippen LogP contribution in [-0.4, -0.2) is 5.21 Å². The van der Waals surface area contributed by atoms with Gasteiger partial charge in [-0.1, -0.05) is 23.2 Å². The predicted octanol–water partition coefficient (Wildman–Crippen LogP) is 3.14. The summed E-state index contributed by atoms with van der Waals surface area (Å²) >= 11 is 11.1. The van der Waals surface area contributed by atoms with Gasteiger partial charge in [0.2, 0.25) is 0 Å². The standard InChI is InChI=1S/C6H4Cl2.HNO2/c7-5-1-2-6(8)4-3-5;2-1-3/h1-4H;(H,2,3). The Bertz CT molecular complexity index is 191. The van der Waals surface area contributed by atoms with Gasteiger partial charge in [-0.25, -0.2) is 0 Å². The highest BCUT2D eigenvalue weighted by atomic mass is 35.5. The Morgan fingerprint density at radius 1 is 1.09 bits per heavy atom. The maximum Gasteiger partial charge on any atom is 0.152 e. The lowest BCUT2D eigenvalue weighted by Crippen LogP contribution is -1.60. The second-order valence-electron chi connectivity index (χ2n) is 1.52. The van der Waals surface area contributed by atoms with Gasteiger partial charge in [-0.3, -0.25) is 0 Å². The van der Waals surface area contributed by atoms with E-state index < -0.39 is 0 Å². The zero-order chi connectivity index (χ0) is 8.69. The van der Waals surface area contributed by atoms with Crippen molar-refractivity contribution < 1.29 is 5.21 Å². The minimum absolute atomic E-state index is 0.717. The quantitative estimate of drug-likeness (QED) is 0.509. The summed E-state index contributed by atoms with van der Waals surface area (Å²) in [4.78, 5) is 8.11. The fourth-order valence-corrected chi connectivity index (χ4v) is 0.682. The summed E-state index contributed by atoms with van der Waals surface area (Å²) in [6.07, 6.45) is 0. The van der Waals surface area contributed by atoms with Gasteiger partial charge in [0.25, 0.3) is 0 Å². The Hall–Kier alpha value is -0.800. The van der Waals surface area contributed by atoms with Crippen LogP contribution in [0.5, 0.6) is 0 Å². The van der Waals surface area contributed by atoms with E-state index >= 15 is 0 Å². The Balaban J connectivity index is 0.000000292. The zero-order valence-electron chi connectivity index (χ0n) is 5.37. The first-order chi connectivity index (χ1) is 5.20. The van der Waals surface area contributed by atoms with E-state index in [1.54, 1.807) is 24.3 Å². The molecule has 0 aromatic heterocycles. The molecule has 60 valence electrons. The minimum Gasteiger partial charge on any atom is -0.379 e. The lowest BCUT2D eigenvalue weighted by Gasteiger charge is -1.86. The molecule has 0 fully saturated rings. The number of hydrogen-bond acceptors (Lipinski definition) is 2. The maximum absolute atomic E-state index is 8.11. The van der Waals surface area contributed by atoms with Crippen LogP contribution < -0.4 is 0 Å². The van der Waals surface area contributed by atoms with Gasteiger partial charge in [0, 0.05) is 10.0 Å². The predicted molar refractivity (Wildman–Crippen MR) is 44.0 cm³/mol. The molecule has 0 atom stereocenters. The van der Waals surface area contributed by atoms with E-state index in [0.717, 1.165) is 10.0 Å². The maximum atomic E-state index is 8.11. The normalized spacial score (nSPS) is 7.82. The molecule has 0 aliphatic heterocycles. The van der Waals surface area contributed by atoms with Crippen molar-refractivity contribution in [1.29, 1.82) is 0 Å². The molecule has 3 nitrogen and oxygen atoms in total. The molecule has 0 aliphatic carbocycles. The number of hydrogen-bond donors (Lipinski definition) is 1. The van der Waals surface area contributed by atoms with E-state index in [0.29, 0.717) is 0 Å². The Morgan fingerprint density at radius 3 is 1.45 bits per heavy atom. The van der Waals surface area contributed by atoms with Gasteiger partial charge < -0.3 is 5.21 Å². The molecule has 0 aliphatic rings. The third kappa shape index (κ3) is 5.63. The smallest absolute Gasteiger partial charge is 0.152 e. The molecule has 1 aromatic rings. The van der Waals surface area contributed by atoms with Crippen LogP contribution in [0.15, 0.2) is 29.6 Å². The molecule has 0 saturated heterocycles. The van der Waals surface area contributed by atoms with Crippen molar-refractivity contribution in [3.05, 3.63) is 39.2 Å². The summed E-state index contributed by atoms with van der Waals surface area (Å²) in [6, 6.07) is 7.02. The molecular formula is C6H5Cl2NO2. The highest BCUT2D eigenvalue weighted by Gasteiger charge is 1.83. The van der Waals surface area contributed by atoms with Crippen molar-refractivity contribution in [1.82, 2.24) is 0 Å². The highest BCUT2D eigenvalue weighted by Crippen LogP contribution is 2.12. The van der Waals surface area contributed by atoms with E-state index in [1.807, 2.05) is 0 Å². The monoisotopic (exact) mass is 193 g/mol. The molecule has 0 saturated carbocycles. The van der Waals surface area contributed by atoms with Gasteiger partial charge in [-0.05, 0) is 24.3 Å². The molecule has 0 radical (unpaired) electrons. The van der Waals surface area contributed by atoms with Crippen molar-refractivity contribution in [2.45, 2.75) is 0 Å². The number of benzene rings is 1. The number of rotatable bonds is 0. The van der Waals surface area contributed by atoms with Crippen molar-refractivity contribution >= 4 is 23.2 Å². The van der Waals surface area contributed by atoms with Gasteiger partial charge in [-0.2, -0.15) is 0 Å². The third-order valence-corrected chi connectivity index (χ3v) is 1.31. The molecular weight excluding hydrogens is 189 g/mol. The SMILES string of the molecule is Clc1ccc(Cl)cc1.O=NO. The molecule has 0 unspecified atom stereocenters. The third-order valence-electron chi connectivity index (χ3n) is 0.804. The van der Waals surface area contributed by atoms with Crippen LogP contribution >= 0.6 is 23.2 Å². The molecule has 0 bridgehead atoms. The van der Waals surface area contributed by atoms with Gasteiger partial charge in [0.1, 0.15) is 0 Å². The fourth-order valence-electron chi connectivity index (χ4n) is 0.430. The lowest BCUT2D eigenvalue weighted by molar-refractivity contribution is 0.312. The largest absolute Gasteiger partial charge is 0.379 e. The summed E-state index contributed by atoms with van der Waals surface area (Å²) in [6.45, 7) is 0. The van der Waals surface area contributed by atoms with Crippen LogP contribution in [0.2, 0.25) is 10.0 Å². The van der Waals surface area contributed by atoms with Gasteiger partial charge >= 0.3 is 0 Å². The van der Waals surface area contributed by atoms with Crippen LogP contribution in [0.3, 0.4) is 0 Å². The molecule has 1 rings (SSSR count). The van der Waals surface area contributed by atoms with Crippen LogP contribution in [0, 0.1) is 4.91 Å². The van der Waals surface area contributed by atoms with Crippen LogP contribution in [0.25, 0.3) is 0 Å². The van der Waals surface area contributed by atoms with Gasteiger partial charge in [-0.15, -0.1) is 4.91 Å². The molecule has 1 aromatic carbocycles. The first-order valence-electron chi connectivity index (χ1n) is 2.58. The van der Waals surface area contributed by atoms with Crippen molar-refractivity contribution in [2.75, 3.05) is 0 Å². The first-order valence-corrected chi connectivity index (χ1v) is 3.34. The van der Waals surface area contributed by atoms with Crippen molar-refractivity contribution in [3.8, 4) is 0 Å². The molecule has 0 amide bonds. The molecule has 5 heteroatoms. The van der Waals surface area contributed by atoms with E-state index in [2.05, 4.69) is 0 Å². The second kappa shape index (κ2) is 5.95. The topological polar surface area (TPSA) is 49.7 Å². The fraction of sp³-hybridized carbons (Fsp3) is 0. The minimum atomic E-state index is 0.717. The van der Waals surface area contributed by atoms with E-state index in [1.165, 1.54) is 5.34 Å². The average Bonchev–Trinajstić information content (AvgIpc) is 1.97. The van der Waals surface area contributed by atoms with Gasteiger partial charge in [0.05, 0.1) is 0 Å². The summed E-state index contributed by atoms with van der Waals surface area (Å²) in [5.41, 5.74) is 0. The van der Waals surface area contributed by atoms with Crippen LogP contribution in [0.1, 0.15) is 0 Å². The first kappa shape index (κ1) is 10.2. The Kier molecular flexibility index (Phi) is 5.51. The van der Waals surface area contributed by atoms with E-state index in [9.17, 15) is 0 Å². The van der Waals surface area contributed by atoms with Gasteiger partial charge in [0.15, 0.2) is 5.34 Å². The van der Waals surface area contributed by atoms with Crippen LogP contribution in [0.4, 0.5) is 0 Å². The van der Waals surface area contributed by atoms with Crippen LogP contribution in [-0.2, 0) is 0 Å². The summed E-state index contributed by atoms with van der Waals surface area (Å²) < 4.78 is 0. The molecule has 11 heavy (non-hydrogen) atoms. The molecule has 0 heterocycles. The lowest BCUT2D eigenvalue weighted by atomic mass is 10.4. The van der Waals surface area contributed by atoms with Crippen molar-refractivity contribution in [2.24, 2.45) is 5.34 Å². The van der Waals surface area contributed by atoms with Crippen molar-refractivity contribution in [3.63, 3.8) is 0 Å². The van der Waals surface area contributed by atoms with E-state index in [4.69, 9.17) is 33.3 Å². The summed E-state index contributed by atoms with van der Waals surface area (Å²) in [5, 5.41) is 9.32. The Labute approximate surface area is 73.5 Å². The molecule has 0 spiro atoms. The Morgan fingerprint density at radius 2 is 1.27 bits per heavy atom. The highest BCUT2D eigenvalue weighted by molar-refractivity contribution is 6.32. The number of halogens is 2. The van der Waals surface area contributed by atoms with E-state index in [-0.39, 0.29) is 0 Å². The second-order valence-corrected chi connectivity index (χ2v) is 2.39. The average molecular weight is 194 g/mol. The summed E-state index contributed by atoms with van der Waals surface area (Å²) in [7, 11) is 0. The summed E-state index contributed by atoms with van der Waals surface area (Å²) in [5.74, 6) is 0. The number of nitrogens with zero attached hydrogens (tertiary/aromatic N) is 1.